The molecule has 2 aromatic carbocycles. The maximum atomic E-state index is 12.8. The molecule has 0 N–H and O–H groups in total. The predicted octanol–water partition coefficient (Wildman–Crippen LogP) is 5.24. The number of benzene rings is 2. The summed E-state index contributed by atoms with van der Waals surface area (Å²) in [5.41, 5.74) is 6.91. The van der Waals surface area contributed by atoms with Crippen molar-refractivity contribution in [2.24, 2.45) is 0 Å². The van der Waals surface area contributed by atoms with E-state index in [0.717, 1.165) is 37.6 Å². The molecule has 0 unspecified atom stereocenters. The minimum absolute atomic E-state index is 0.137. The van der Waals surface area contributed by atoms with Gasteiger partial charge in [-0.1, -0.05) is 48.5 Å². The summed E-state index contributed by atoms with van der Waals surface area (Å²) < 4.78 is 1.80. The SMILES string of the molecule is Cc1cc(C)n(CC(=O)N2CCN(c3ccccc3-c3ccc(-c4cccs4)cc3)CC2)n1. The number of anilines is 1. The van der Waals surface area contributed by atoms with Crippen LogP contribution in [0.15, 0.2) is 72.1 Å². The van der Waals surface area contributed by atoms with Crippen LogP contribution in [0.5, 0.6) is 0 Å². The second-order valence-electron chi connectivity index (χ2n) is 8.52. The Kier molecular flexibility index (Phi) is 6.01. The Bertz CT molecular complexity index is 1240. The van der Waals surface area contributed by atoms with Crippen LogP contribution in [0, 0.1) is 13.8 Å². The van der Waals surface area contributed by atoms with E-state index in [1.54, 1.807) is 16.0 Å². The minimum atomic E-state index is 0.137. The van der Waals surface area contributed by atoms with Crippen LogP contribution >= 0.6 is 11.3 Å². The minimum Gasteiger partial charge on any atom is -0.367 e. The van der Waals surface area contributed by atoms with Crippen LogP contribution < -0.4 is 4.90 Å². The Balaban J connectivity index is 1.28. The van der Waals surface area contributed by atoms with Crippen molar-refractivity contribution < 1.29 is 4.79 Å². The lowest BCUT2D eigenvalue weighted by atomic mass is 10.0. The summed E-state index contributed by atoms with van der Waals surface area (Å²) in [6.07, 6.45) is 0. The summed E-state index contributed by atoms with van der Waals surface area (Å²) in [5, 5.41) is 6.55. The normalized spacial score (nSPS) is 14.0. The zero-order valence-electron chi connectivity index (χ0n) is 19.1. The van der Waals surface area contributed by atoms with Crippen LogP contribution in [-0.4, -0.2) is 46.8 Å². The Morgan fingerprint density at radius 2 is 1.64 bits per heavy atom. The number of thiophene rings is 1. The van der Waals surface area contributed by atoms with Crippen LogP contribution in [0.4, 0.5) is 5.69 Å². The van der Waals surface area contributed by atoms with Gasteiger partial charge in [-0.2, -0.15) is 5.10 Å². The highest BCUT2D eigenvalue weighted by Gasteiger charge is 2.23. The number of aryl methyl sites for hydroxylation is 2. The Hall–Kier alpha value is -3.38. The molecule has 3 heterocycles. The van der Waals surface area contributed by atoms with Gasteiger partial charge in [-0.05, 0) is 48.6 Å². The molecule has 0 atom stereocenters. The lowest BCUT2D eigenvalue weighted by Crippen LogP contribution is -2.49. The van der Waals surface area contributed by atoms with Gasteiger partial charge in [0, 0.05) is 48.0 Å². The van der Waals surface area contributed by atoms with E-state index in [2.05, 4.69) is 76.0 Å². The molecule has 1 fully saturated rings. The summed E-state index contributed by atoms with van der Waals surface area (Å²) in [7, 11) is 0. The molecule has 0 bridgehead atoms. The molecule has 0 saturated carbocycles. The highest BCUT2D eigenvalue weighted by atomic mass is 32.1. The van der Waals surface area contributed by atoms with E-state index in [-0.39, 0.29) is 5.91 Å². The van der Waals surface area contributed by atoms with Crippen molar-refractivity contribution in [1.82, 2.24) is 14.7 Å². The molecular formula is C27H28N4OS. The predicted molar refractivity (Wildman–Crippen MR) is 136 cm³/mol. The van der Waals surface area contributed by atoms with Crippen molar-refractivity contribution in [1.29, 1.82) is 0 Å². The fourth-order valence-corrected chi connectivity index (χ4v) is 5.24. The number of piperazine rings is 1. The molecule has 1 amide bonds. The fourth-order valence-electron chi connectivity index (χ4n) is 4.51. The summed E-state index contributed by atoms with van der Waals surface area (Å²) in [6, 6.07) is 23.7. The lowest BCUT2D eigenvalue weighted by molar-refractivity contribution is -0.132. The molecule has 168 valence electrons. The first kappa shape index (κ1) is 21.5. The van der Waals surface area contributed by atoms with Crippen LogP contribution in [0.25, 0.3) is 21.6 Å². The monoisotopic (exact) mass is 456 g/mol. The first-order valence-corrected chi connectivity index (χ1v) is 12.2. The van der Waals surface area contributed by atoms with E-state index >= 15 is 0 Å². The molecule has 1 aliphatic heterocycles. The molecular weight excluding hydrogens is 428 g/mol. The summed E-state index contributed by atoms with van der Waals surface area (Å²) >= 11 is 1.76. The maximum Gasteiger partial charge on any atom is 0.244 e. The molecule has 0 aliphatic carbocycles. The van der Waals surface area contributed by atoms with Crippen molar-refractivity contribution in [2.75, 3.05) is 31.1 Å². The van der Waals surface area contributed by atoms with Gasteiger partial charge in [0.1, 0.15) is 6.54 Å². The standard InChI is InChI=1S/C27H28N4OS/c1-20-18-21(2)31(28-20)19-27(32)30-15-13-29(14-16-30)25-7-4-3-6-24(25)22-9-11-23(12-10-22)26-8-5-17-33-26/h3-12,17-18H,13-16,19H2,1-2H3. The van der Waals surface area contributed by atoms with E-state index in [9.17, 15) is 4.79 Å². The third kappa shape index (κ3) is 4.57. The molecule has 0 spiro atoms. The number of amides is 1. The Labute approximate surface area is 198 Å². The zero-order valence-corrected chi connectivity index (χ0v) is 19.9. The third-order valence-corrected chi connectivity index (χ3v) is 7.19. The van der Waals surface area contributed by atoms with E-state index in [1.165, 1.54) is 27.3 Å². The zero-order chi connectivity index (χ0) is 22.8. The first-order valence-electron chi connectivity index (χ1n) is 11.4. The largest absolute Gasteiger partial charge is 0.367 e. The second kappa shape index (κ2) is 9.24. The molecule has 0 radical (unpaired) electrons. The van der Waals surface area contributed by atoms with Crippen molar-refractivity contribution in [3.63, 3.8) is 0 Å². The molecule has 6 heteroatoms. The highest BCUT2D eigenvalue weighted by Crippen LogP contribution is 2.33. The lowest BCUT2D eigenvalue weighted by Gasteiger charge is -2.37. The van der Waals surface area contributed by atoms with Gasteiger partial charge in [0.2, 0.25) is 5.91 Å². The second-order valence-corrected chi connectivity index (χ2v) is 9.47. The fraction of sp³-hybridized carbons (Fsp3) is 0.259. The van der Waals surface area contributed by atoms with Crippen molar-refractivity contribution in [3.05, 3.63) is 83.5 Å². The van der Waals surface area contributed by atoms with Gasteiger partial charge in [-0.15, -0.1) is 11.3 Å². The van der Waals surface area contributed by atoms with E-state index < -0.39 is 0 Å². The Morgan fingerprint density at radius 3 is 2.30 bits per heavy atom. The smallest absolute Gasteiger partial charge is 0.244 e. The molecule has 4 aromatic rings. The third-order valence-electron chi connectivity index (χ3n) is 6.27. The quantitative estimate of drug-likeness (QED) is 0.412. The van der Waals surface area contributed by atoms with Gasteiger partial charge < -0.3 is 9.80 Å². The van der Waals surface area contributed by atoms with Crippen LogP contribution in [0.1, 0.15) is 11.4 Å². The van der Waals surface area contributed by atoms with Gasteiger partial charge >= 0.3 is 0 Å². The van der Waals surface area contributed by atoms with E-state index in [1.807, 2.05) is 24.8 Å². The number of nitrogens with zero attached hydrogens (tertiary/aromatic N) is 4. The highest BCUT2D eigenvalue weighted by molar-refractivity contribution is 7.13. The van der Waals surface area contributed by atoms with E-state index in [4.69, 9.17) is 0 Å². The number of carbonyl (C=O) groups is 1. The van der Waals surface area contributed by atoms with Crippen molar-refractivity contribution >= 4 is 22.9 Å². The number of hydrogen-bond acceptors (Lipinski definition) is 4. The first-order chi connectivity index (χ1) is 16.1. The molecule has 5 nitrogen and oxygen atoms in total. The summed E-state index contributed by atoms with van der Waals surface area (Å²) in [5.74, 6) is 0.137. The number of rotatable bonds is 5. The number of carbonyl (C=O) groups excluding carboxylic acids is 1. The van der Waals surface area contributed by atoms with Crippen molar-refractivity contribution in [3.8, 4) is 21.6 Å². The average molecular weight is 457 g/mol. The molecule has 1 saturated heterocycles. The number of hydrogen-bond donors (Lipinski definition) is 0. The molecule has 33 heavy (non-hydrogen) atoms. The summed E-state index contributed by atoms with van der Waals surface area (Å²) in [4.78, 5) is 18.5. The summed E-state index contributed by atoms with van der Waals surface area (Å²) in [6.45, 7) is 7.37. The average Bonchev–Trinajstić information content (AvgIpc) is 3.49. The van der Waals surface area contributed by atoms with Gasteiger partial charge in [-0.25, -0.2) is 0 Å². The topological polar surface area (TPSA) is 41.4 Å². The molecule has 2 aromatic heterocycles. The maximum absolute atomic E-state index is 12.8. The van der Waals surface area contributed by atoms with Gasteiger partial charge in [0.15, 0.2) is 0 Å². The van der Waals surface area contributed by atoms with Crippen LogP contribution in [0.3, 0.4) is 0 Å². The van der Waals surface area contributed by atoms with Gasteiger partial charge in [0.05, 0.1) is 5.69 Å². The number of para-hydroxylation sites is 1. The molecule has 5 rings (SSSR count). The molecule has 1 aliphatic rings. The number of aromatic nitrogens is 2. The van der Waals surface area contributed by atoms with Gasteiger partial charge in [0.25, 0.3) is 0 Å². The Morgan fingerprint density at radius 1 is 0.909 bits per heavy atom. The van der Waals surface area contributed by atoms with Crippen LogP contribution in [-0.2, 0) is 11.3 Å². The van der Waals surface area contributed by atoms with E-state index in [0.29, 0.717) is 6.54 Å². The van der Waals surface area contributed by atoms with Crippen molar-refractivity contribution in [2.45, 2.75) is 20.4 Å². The van der Waals surface area contributed by atoms with Crippen LogP contribution in [0.2, 0.25) is 0 Å². The van der Waals surface area contributed by atoms with Gasteiger partial charge in [-0.3, -0.25) is 9.48 Å².